The molecule has 7 heteroatoms. The number of nitrogens with zero attached hydrogens (tertiary/aromatic N) is 2. The molecule has 0 spiro atoms. The van der Waals surface area contributed by atoms with Crippen LogP contribution in [0.15, 0.2) is 18.6 Å². The average molecular weight is 243 g/mol. The topological polar surface area (TPSA) is 81.5 Å². The summed E-state index contributed by atoms with van der Waals surface area (Å²) in [7, 11) is -2.67. The van der Waals surface area contributed by atoms with Gasteiger partial charge in [-0.15, -0.1) is 4.89 Å². The summed E-state index contributed by atoms with van der Waals surface area (Å²) in [4.78, 5) is 16.5. The molecule has 0 aromatic carbocycles. The molecule has 1 aliphatic carbocycles. The molecule has 2 rings (SSSR count). The van der Waals surface area contributed by atoms with Crippen LogP contribution in [0.3, 0.4) is 0 Å². The van der Waals surface area contributed by atoms with Gasteiger partial charge in [0.1, 0.15) is 6.33 Å². The average Bonchev–Trinajstić information content (AvgIpc) is 2.66. The molecule has 0 aliphatic heterocycles. The Hall–Kier alpha value is -1.10. The lowest BCUT2D eigenvalue weighted by atomic mass is 10.2. The van der Waals surface area contributed by atoms with E-state index in [9.17, 15) is 4.57 Å². The first-order valence-corrected chi connectivity index (χ1v) is 6.14. The molecule has 16 heavy (non-hydrogen) atoms. The Bertz CT molecular complexity index is 367. The number of aromatic nitrogens is 2. The van der Waals surface area contributed by atoms with Crippen LogP contribution in [0.4, 0.5) is 0 Å². The Morgan fingerprint density at radius 1 is 1.44 bits per heavy atom. The van der Waals surface area contributed by atoms with Crippen molar-refractivity contribution >= 4 is 8.25 Å². The normalized spacial score (nSPS) is 19.4. The van der Waals surface area contributed by atoms with Gasteiger partial charge in [0.2, 0.25) is 5.88 Å². The van der Waals surface area contributed by atoms with E-state index < -0.39 is 14.0 Å². The van der Waals surface area contributed by atoms with Crippen molar-refractivity contribution < 1.29 is 18.7 Å². The molecule has 1 aliphatic rings. The smallest absolute Gasteiger partial charge is 0.440 e. The van der Waals surface area contributed by atoms with E-state index >= 15 is 0 Å². The number of ether oxygens (including phenoxy) is 1. The zero-order valence-corrected chi connectivity index (χ0v) is 9.47. The maximum Gasteiger partial charge on any atom is 0.698 e. The summed E-state index contributed by atoms with van der Waals surface area (Å²) < 4.78 is 21.3. The number of hydrogen-bond donors (Lipinski definition) is 1. The van der Waals surface area contributed by atoms with E-state index in [1.807, 2.05) is 0 Å². The van der Waals surface area contributed by atoms with Gasteiger partial charge in [0.25, 0.3) is 5.79 Å². The quantitative estimate of drug-likeness (QED) is 0.641. The van der Waals surface area contributed by atoms with Gasteiger partial charge < -0.3 is 4.74 Å². The molecule has 0 bridgehead atoms. The fourth-order valence-electron chi connectivity index (χ4n) is 1.80. The van der Waals surface area contributed by atoms with Gasteiger partial charge >= 0.3 is 8.25 Å². The molecule has 86 valence electrons. The van der Waals surface area contributed by atoms with Crippen molar-refractivity contribution in [2.45, 2.75) is 31.5 Å². The highest BCUT2D eigenvalue weighted by atomic mass is 31.1. The van der Waals surface area contributed by atoms with Crippen LogP contribution < -0.4 is 4.74 Å². The Kier molecular flexibility index (Phi) is 3.43. The van der Waals surface area contributed by atoms with Crippen LogP contribution in [0.25, 0.3) is 0 Å². The highest BCUT2D eigenvalue weighted by Crippen LogP contribution is 2.40. The molecule has 0 amide bonds. The largest absolute Gasteiger partial charge is 0.698 e. The zero-order valence-electron chi connectivity index (χ0n) is 8.57. The summed E-state index contributed by atoms with van der Waals surface area (Å²) >= 11 is 0. The van der Waals surface area contributed by atoms with E-state index in [1.54, 1.807) is 12.3 Å². The maximum absolute atomic E-state index is 10.8. The van der Waals surface area contributed by atoms with Gasteiger partial charge in [0.05, 0.1) is 0 Å². The van der Waals surface area contributed by atoms with E-state index in [-0.39, 0.29) is 0 Å². The molecule has 1 heterocycles. The van der Waals surface area contributed by atoms with E-state index in [0.717, 1.165) is 12.8 Å². The van der Waals surface area contributed by atoms with Crippen molar-refractivity contribution in [1.82, 2.24) is 9.97 Å². The minimum atomic E-state index is -2.67. The predicted molar refractivity (Wildman–Crippen MR) is 54.8 cm³/mol. The van der Waals surface area contributed by atoms with Gasteiger partial charge in [-0.3, -0.25) is 0 Å². The van der Waals surface area contributed by atoms with Crippen molar-refractivity contribution in [2.75, 3.05) is 0 Å². The van der Waals surface area contributed by atoms with Gasteiger partial charge in [-0.25, -0.2) is 9.97 Å². The van der Waals surface area contributed by atoms with Crippen LogP contribution in [0.1, 0.15) is 25.7 Å². The van der Waals surface area contributed by atoms with Crippen LogP contribution in [-0.4, -0.2) is 20.6 Å². The molecule has 1 unspecified atom stereocenters. The second kappa shape index (κ2) is 4.82. The first-order valence-electron chi connectivity index (χ1n) is 5.00. The van der Waals surface area contributed by atoms with E-state index in [4.69, 9.17) is 14.2 Å². The summed E-state index contributed by atoms with van der Waals surface area (Å²) in [5.74, 6) is -0.648. The van der Waals surface area contributed by atoms with Gasteiger partial charge in [0.15, 0.2) is 0 Å². The van der Waals surface area contributed by atoms with Crippen LogP contribution in [0.2, 0.25) is 0 Å². The van der Waals surface area contributed by atoms with Crippen molar-refractivity contribution in [3.8, 4) is 5.88 Å². The molecule has 0 radical (unpaired) electrons. The molecule has 1 atom stereocenters. The predicted octanol–water partition coefficient (Wildman–Crippen LogP) is 1.79. The Morgan fingerprint density at radius 2 is 2.19 bits per heavy atom. The van der Waals surface area contributed by atoms with Crippen molar-refractivity contribution in [3.63, 3.8) is 0 Å². The third-order valence-electron chi connectivity index (χ3n) is 2.46. The van der Waals surface area contributed by atoms with Crippen LogP contribution in [0.5, 0.6) is 5.88 Å². The molecule has 1 saturated carbocycles. The first-order chi connectivity index (χ1) is 7.70. The van der Waals surface area contributed by atoms with Crippen molar-refractivity contribution in [1.29, 1.82) is 0 Å². The molecule has 1 aromatic rings. The van der Waals surface area contributed by atoms with Gasteiger partial charge in [0, 0.05) is 29.7 Å². The zero-order chi connectivity index (χ0) is 11.4. The van der Waals surface area contributed by atoms with Crippen molar-refractivity contribution in [2.24, 2.45) is 0 Å². The maximum atomic E-state index is 10.8. The van der Waals surface area contributed by atoms with Crippen LogP contribution >= 0.6 is 8.25 Å². The highest BCUT2D eigenvalue weighted by molar-refractivity contribution is 7.32. The molecule has 1 N–H and O–H groups in total. The molecular weight excluding hydrogens is 231 g/mol. The lowest BCUT2D eigenvalue weighted by molar-refractivity contribution is -0.110. The van der Waals surface area contributed by atoms with E-state index in [1.165, 1.54) is 6.33 Å². The molecular formula is C9H12N2O4P+. The summed E-state index contributed by atoms with van der Waals surface area (Å²) in [5.41, 5.74) is 0. The van der Waals surface area contributed by atoms with Crippen LogP contribution in [0, 0.1) is 0 Å². The minimum absolute atomic E-state index is 0.355. The van der Waals surface area contributed by atoms with E-state index in [2.05, 4.69) is 9.97 Å². The van der Waals surface area contributed by atoms with Gasteiger partial charge in [-0.1, -0.05) is 4.52 Å². The first kappa shape index (κ1) is 11.4. The summed E-state index contributed by atoms with van der Waals surface area (Å²) in [5, 5.41) is 0. The molecule has 0 saturated heterocycles. The Morgan fingerprint density at radius 3 is 2.75 bits per heavy atom. The number of hydrogen-bond acceptors (Lipinski definition) is 5. The fraction of sp³-hybridized carbons (Fsp3) is 0.556. The third kappa shape index (κ3) is 2.72. The van der Waals surface area contributed by atoms with Crippen molar-refractivity contribution in [3.05, 3.63) is 18.6 Å². The van der Waals surface area contributed by atoms with Crippen LogP contribution in [-0.2, 0) is 9.09 Å². The molecule has 1 fully saturated rings. The second-order valence-electron chi connectivity index (χ2n) is 3.60. The Balaban J connectivity index is 2.11. The Labute approximate surface area is 93.6 Å². The summed E-state index contributed by atoms with van der Waals surface area (Å²) in [6.07, 6.45) is 5.92. The molecule has 1 aromatic heterocycles. The third-order valence-corrected chi connectivity index (χ3v) is 2.94. The van der Waals surface area contributed by atoms with Gasteiger partial charge in [-0.2, -0.15) is 0 Å². The standard InChI is InChI=1S/C9H11N2O4P/c12-16(13)15-9(4-1-2-5-9)14-8-3-6-10-7-11-8/h3,6-7H,1-2,4-5H2/p+1. The molecule has 6 nitrogen and oxygen atoms in total. The fourth-order valence-corrected chi connectivity index (χ4v) is 2.30. The SMILES string of the molecule is O=[P+](O)OC1(Oc2ccncn2)CCCC1. The summed E-state index contributed by atoms with van der Waals surface area (Å²) in [6, 6.07) is 1.59. The lowest BCUT2D eigenvalue weighted by Crippen LogP contribution is -2.34. The number of rotatable bonds is 4. The van der Waals surface area contributed by atoms with E-state index in [0.29, 0.717) is 18.7 Å². The second-order valence-corrected chi connectivity index (χ2v) is 4.25. The van der Waals surface area contributed by atoms with Gasteiger partial charge in [-0.05, 0) is 12.8 Å². The highest BCUT2D eigenvalue weighted by Gasteiger charge is 2.45. The lowest BCUT2D eigenvalue weighted by Gasteiger charge is -2.22. The summed E-state index contributed by atoms with van der Waals surface area (Å²) in [6.45, 7) is 0. The monoisotopic (exact) mass is 243 g/mol. The minimum Gasteiger partial charge on any atom is -0.440 e.